The predicted octanol–water partition coefficient (Wildman–Crippen LogP) is 4.41. The molecule has 1 saturated carbocycles. The minimum absolute atomic E-state index is 0.0199. The van der Waals surface area contributed by atoms with Crippen molar-refractivity contribution in [3.63, 3.8) is 0 Å². The maximum Gasteiger partial charge on any atom is 0.407 e. The van der Waals surface area contributed by atoms with Crippen LogP contribution >= 0.6 is 0 Å². The number of benzene rings is 2. The number of nitrogens with zero attached hydrogens (tertiary/aromatic N) is 1. The van der Waals surface area contributed by atoms with Crippen molar-refractivity contribution in [1.82, 2.24) is 10.2 Å². The highest BCUT2D eigenvalue weighted by Gasteiger charge is 2.42. The van der Waals surface area contributed by atoms with Crippen LogP contribution in [0.3, 0.4) is 0 Å². The molecule has 184 valence electrons. The van der Waals surface area contributed by atoms with E-state index in [1.165, 1.54) is 22.3 Å². The van der Waals surface area contributed by atoms with Crippen molar-refractivity contribution in [3.8, 4) is 11.1 Å². The van der Waals surface area contributed by atoms with E-state index < -0.39 is 18.1 Å². The zero-order valence-corrected chi connectivity index (χ0v) is 20.0. The number of likely N-dealkylation sites (tertiary alicyclic amines) is 1. The fourth-order valence-electron chi connectivity index (χ4n) is 6.10. The molecular formula is C28H32N2O5. The largest absolute Gasteiger partial charge is 0.480 e. The van der Waals surface area contributed by atoms with E-state index >= 15 is 0 Å². The summed E-state index contributed by atoms with van der Waals surface area (Å²) >= 11 is 0. The van der Waals surface area contributed by atoms with Crippen LogP contribution in [0.4, 0.5) is 4.79 Å². The zero-order chi connectivity index (χ0) is 24.5. The molecule has 2 aromatic rings. The van der Waals surface area contributed by atoms with Gasteiger partial charge in [0.25, 0.3) is 0 Å². The Hall–Kier alpha value is -3.35. The highest BCUT2D eigenvalue weighted by Crippen LogP contribution is 2.44. The van der Waals surface area contributed by atoms with Crippen molar-refractivity contribution in [1.29, 1.82) is 0 Å². The van der Waals surface area contributed by atoms with Crippen LogP contribution in [0.15, 0.2) is 48.5 Å². The molecule has 0 aromatic heterocycles. The van der Waals surface area contributed by atoms with Gasteiger partial charge in [0, 0.05) is 24.4 Å². The molecule has 2 fully saturated rings. The Kier molecular flexibility index (Phi) is 6.50. The fourth-order valence-corrected chi connectivity index (χ4v) is 6.10. The van der Waals surface area contributed by atoms with Crippen molar-refractivity contribution in [3.05, 3.63) is 59.7 Å². The smallest absolute Gasteiger partial charge is 0.407 e. The van der Waals surface area contributed by atoms with E-state index in [0.29, 0.717) is 32.2 Å². The second-order valence-electron chi connectivity index (χ2n) is 10.1. The molecule has 35 heavy (non-hydrogen) atoms. The van der Waals surface area contributed by atoms with Gasteiger partial charge in [-0.1, -0.05) is 55.5 Å². The first-order valence-corrected chi connectivity index (χ1v) is 12.6. The van der Waals surface area contributed by atoms with Crippen molar-refractivity contribution in [2.45, 2.75) is 57.0 Å². The van der Waals surface area contributed by atoms with Crippen LogP contribution in [-0.2, 0) is 14.3 Å². The molecule has 0 spiro atoms. The third kappa shape index (κ3) is 4.51. The Morgan fingerprint density at radius 3 is 2.14 bits per heavy atom. The van der Waals surface area contributed by atoms with Crippen molar-refractivity contribution in [2.75, 3.05) is 13.2 Å². The first-order valence-electron chi connectivity index (χ1n) is 12.6. The second kappa shape index (κ2) is 9.72. The number of fused-ring (bicyclic) bond motifs is 3. The van der Waals surface area contributed by atoms with E-state index in [1.807, 2.05) is 31.2 Å². The molecule has 0 radical (unpaired) electrons. The molecule has 7 heteroatoms. The van der Waals surface area contributed by atoms with E-state index in [2.05, 4.69) is 29.6 Å². The fraction of sp³-hybridized carbons (Fsp3) is 0.464. The monoisotopic (exact) mass is 476 g/mol. The number of nitrogens with one attached hydrogen (secondary N) is 1. The lowest BCUT2D eigenvalue weighted by atomic mass is 9.85. The summed E-state index contributed by atoms with van der Waals surface area (Å²) in [6.07, 6.45) is 2.94. The number of alkyl carbamates (subject to hydrolysis) is 1. The quantitative estimate of drug-likeness (QED) is 0.667. The van der Waals surface area contributed by atoms with Gasteiger partial charge in [0.05, 0.1) is 0 Å². The van der Waals surface area contributed by atoms with Gasteiger partial charge in [-0.15, -0.1) is 0 Å². The van der Waals surface area contributed by atoms with Gasteiger partial charge in [-0.2, -0.15) is 0 Å². The molecule has 1 heterocycles. The maximum absolute atomic E-state index is 13.0. The first kappa shape index (κ1) is 23.4. The number of rotatable bonds is 5. The van der Waals surface area contributed by atoms with E-state index in [-0.39, 0.29) is 36.3 Å². The molecule has 2 aromatic carbocycles. The standard InChI is InChI=1S/C28H32N2O5/c1-17-14-15-30(25(17)27(32)33)26(31)18-10-12-19(13-11-18)29-28(34)35-16-24-22-8-4-2-6-20(22)21-7-3-5-9-23(21)24/h2-9,17-19,24-25H,10-16H2,1H3,(H,29,34)(H,32,33). The number of hydrogen-bond acceptors (Lipinski definition) is 4. The summed E-state index contributed by atoms with van der Waals surface area (Å²) in [5.41, 5.74) is 4.74. The van der Waals surface area contributed by atoms with E-state index in [0.717, 1.165) is 6.42 Å². The van der Waals surface area contributed by atoms with Crippen LogP contribution < -0.4 is 5.32 Å². The van der Waals surface area contributed by atoms with Gasteiger partial charge in [0.1, 0.15) is 12.6 Å². The highest BCUT2D eigenvalue weighted by molar-refractivity contribution is 5.86. The lowest BCUT2D eigenvalue weighted by Crippen LogP contribution is -2.47. The Morgan fingerprint density at radius 2 is 1.54 bits per heavy atom. The summed E-state index contributed by atoms with van der Waals surface area (Å²) in [4.78, 5) is 38.8. The summed E-state index contributed by atoms with van der Waals surface area (Å²) in [6, 6.07) is 15.7. The molecule has 0 bridgehead atoms. The Labute approximate surface area is 205 Å². The zero-order valence-electron chi connectivity index (χ0n) is 20.0. The molecule has 7 nitrogen and oxygen atoms in total. The average Bonchev–Trinajstić information content (AvgIpc) is 3.41. The molecule has 2 unspecified atom stereocenters. The van der Waals surface area contributed by atoms with Gasteiger partial charge < -0.3 is 20.1 Å². The van der Waals surface area contributed by atoms with Crippen LogP contribution in [0.5, 0.6) is 0 Å². The van der Waals surface area contributed by atoms with Crippen molar-refractivity contribution in [2.24, 2.45) is 11.8 Å². The summed E-state index contributed by atoms with van der Waals surface area (Å²) in [5.74, 6) is -1.16. The Bertz CT molecular complexity index is 1080. The van der Waals surface area contributed by atoms with Crippen molar-refractivity contribution < 1.29 is 24.2 Å². The average molecular weight is 477 g/mol. The maximum atomic E-state index is 13.0. The molecule has 5 rings (SSSR count). The lowest BCUT2D eigenvalue weighted by Gasteiger charge is -2.32. The number of ether oxygens (including phenoxy) is 1. The van der Waals surface area contributed by atoms with E-state index in [1.54, 1.807) is 4.90 Å². The summed E-state index contributed by atoms with van der Waals surface area (Å²) in [5, 5.41) is 12.5. The third-order valence-electron chi connectivity index (χ3n) is 7.98. The summed E-state index contributed by atoms with van der Waals surface area (Å²) in [7, 11) is 0. The first-order chi connectivity index (χ1) is 16.9. The Balaban J connectivity index is 1.12. The minimum atomic E-state index is -0.922. The number of hydrogen-bond donors (Lipinski definition) is 2. The highest BCUT2D eigenvalue weighted by atomic mass is 16.5. The van der Waals surface area contributed by atoms with Crippen LogP contribution in [0.2, 0.25) is 0 Å². The molecule has 1 aliphatic heterocycles. The Morgan fingerprint density at radius 1 is 0.943 bits per heavy atom. The molecule has 1 saturated heterocycles. The van der Waals surface area contributed by atoms with Gasteiger partial charge in [0.15, 0.2) is 0 Å². The number of carboxylic acid groups (broad SMARTS) is 1. The summed E-state index contributed by atoms with van der Waals surface area (Å²) in [6.45, 7) is 2.67. The third-order valence-corrected chi connectivity index (χ3v) is 7.98. The normalized spacial score (nSPS) is 25.6. The number of amides is 2. The SMILES string of the molecule is CC1CCN(C(=O)C2CCC(NC(=O)OCC3c4ccccc4-c4ccccc43)CC2)C1C(=O)O. The van der Waals surface area contributed by atoms with Crippen molar-refractivity contribution >= 4 is 18.0 Å². The van der Waals surface area contributed by atoms with Gasteiger partial charge in [-0.25, -0.2) is 9.59 Å². The van der Waals surface area contributed by atoms with Crippen LogP contribution in [0.25, 0.3) is 11.1 Å². The van der Waals surface area contributed by atoms with Crippen LogP contribution in [0.1, 0.15) is 56.1 Å². The molecule has 2 aliphatic carbocycles. The van der Waals surface area contributed by atoms with Gasteiger partial charge >= 0.3 is 12.1 Å². The van der Waals surface area contributed by atoms with E-state index in [4.69, 9.17) is 4.74 Å². The molecule has 3 aliphatic rings. The number of carbonyl (C=O) groups is 3. The topological polar surface area (TPSA) is 95.9 Å². The van der Waals surface area contributed by atoms with Gasteiger partial charge in [-0.3, -0.25) is 4.79 Å². The van der Waals surface area contributed by atoms with Crippen LogP contribution in [0, 0.1) is 11.8 Å². The lowest BCUT2D eigenvalue weighted by molar-refractivity contribution is -0.151. The number of aliphatic carboxylic acids is 1. The van der Waals surface area contributed by atoms with Gasteiger partial charge in [0.2, 0.25) is 5.91 Å². The number of carboxylic acids is 1. The van der Waals surface area contributed by atoms with E-state index in [9.17, 15) is 19.5 Å². The van der Waals surface area contributed by atoms with Gasteiger partial charge in [-0.05, 0) is 60.3 Å². The molecule has 2 N–H and O–H groups in total. The number of carbonyl (C=O) groups excluding carboxylic acids is 2. The molecule has 2 atom stereocenters. The summed E-state index contributed by atoms with van der Waals surface area (Å²) < 4.78 is 5.66. The molecular weight excluding hydrogens is 444 g/mol. The minimum Gasteiger partial charge on any atom is -0.480 e. The predicted molar refractivity (Wildman–Crippen MR) is 131 cm³/mol. The molecule has 2 amide bonds. The second-order valence-corrected chi connectivity index (χ2v) is 10.1. The van der Waals surface area contributed by atoms with Crippen LogP contribution in [-0.4, -0.2) is 53.2 Å².